The molecule has 0 saturated carbocycles. The van der Waals surface area contributed by atoms with Crippen molar-refractivity contribution >= 4 is 23.2 Å². The Bertz CT molecular complexity index is 1110. The van der Waals surface area contributed by atoms with Gasteiger partial charge in [-0.05, 0) is 62.7 Å². The highest BCUT2D eigenvalue weighted by molar-refractivity contribution is 6.06. The SMILES string of the molecule is CCN(CC)c1ccc([C@@H]2C(C(=O)Nc3ccc(OC)cc3)=C(C)Nc3ncnn32)cc1. The molecule has 2 heterocycles. The van der Waals surface area contributed by atoms with Crippen LogP contribution in [0.3, 0.4) is 0 Å². The smallest absolute Gasteiger partial charge is 0.255 e. The molecule has 8 nitrogen and oxygen atoms in total. The minimum absolute atomic E-state index is 0.195. The number of allylic oxidation sites excluding steroid dienone is 1. The van der Waals surface area contributed by atoms with Crippen LogP contribution in [-0.2, 0) is 4.79 Å². The number of nitrogens with zero attached hydrogens (tertiary/aromatic N) is 4. The number of hydrogen-bond donors (Lipinski definition) is 2. The molecule has 4 rings (SSSR count). The van der Waals surface area contributed by atoms with Crippen molar-refractivity contribution in [2.75, 3.05) is 35.7 Å². The first-order valence-electron chi connectivity index (χ1n) is 10.7. The molecule has 0 radical (unpaired) electrons. The molecule has 1 aromatic heterocycles. The van der Waals surface area contributed by atoms with Gasteiger partial charge in [0.15, 0.2) is 0 Å². The maximum Gasteiger partial charge on any atom is 0.255 e. The first-order valence-corrected chi connectivity index (χ1v) is 10.7. The zero-order chi connectivity index (χ0) is 22.7. The van der Waals surface area contributed by atoms with Crippen molar-refractivity contribution < 1.29 is 9.53 Å². The summed E-state index contributed by atoms with van der Waals surface area (Å²) in [6.07, 6.45) is 1.50. The zero-order valence-corrected chi connectivity index (χ0v) is 18.8. The van der Waals surface area contributed by atoms with E-state index in [2.05, 4.69) is 63.7 Å². The third-order valence-electron chi connectivity index (χ3n) is 5.72. The number of fused-ring (bicyclic) bond motifs is 1. The number of nitrogens with one attached hydrogen (secondary N) is 2. The van der Waals surface area contributed by atoms with Crippen molar-refractivity contribution in [1.29, 1.82) is 0 Å². The second-order valence-corrected chi connectivity index (χ2v) is 7.54. The molecule has 0 saturated heterocycles. The normalized spacial score (nSPS) is 15.1. The van der Waals surface area contributed by atoms with Gasteiger partial charge in [-0.1, -0.05) is 12.1 Å². The lowest BCUT2D eigenvalue weighted by Gasteiger charge is -2.29. The van der Waals surface area contributed by atoms with Crippen molar-refractivity contribution in [2.45, 2.75) is 26.8 Å². The Morgan fingerprint density at radius 3 is 2.44 bits per heavy atom. The molecule has 1 amide bonds. The number of ether oxygens (including phenoxy) is 1. The molecule has 0 unspecified atom stereocenters. The molecular weight excluding hydrogens is 404 g/mol. The molecule has 2 aromatic carbocycles. The van der Waals surface area contributed by atoms with Crippen molar-refractivity contribution in [1.82, 2.24) is 14.8 Å². The van der Waals surface area contributed by atoms with Gasteiger partial charge in [-0.3, -0.25) is 4.79 Å². The fourth-order valence-corrected chi connectivity index (χ4v) is 4.02. The van der Waals surface area contributed by atoms with Crippen LogP contribution in [0.25, 0.3) is 0 Å². The predicted octanol–water partition coefficient (Wildman–Crippen LogP) is 4.06. The molecular formula is C24H28N6O2. The van der Waals surface area contributed by atoms with Gasteiger partial charge in [-0.25, -0.2) is 4.68 Å². The van der Waals surface area contributed by atoms with E-state index >= 15 is 0 Å². The van der Waals surface area contributed by atoms with Crippen LogP contribution in [0.15, 0.2) is 66.1 Å². The van der Waals surface area contributed by atoms with Crippen LogP contribution in [0.4, 0.5) is 17.3 Å². The highest BCUT2D eigenvalue weighted by Gasteiger charge is 2.33. The van der Waals surface area contributed by atoms with Gasteiger partial charge < -0.3 is 20.3 Å². The standard InChI is InChI=1S/C24H28N6O2/c1-5-29(6-2)19-11-7-17(8-12-19)22-21(16(3)27-24-25-15-26-30(22)24)23(31)28-18-9-13-20(32-4)14-10-18/h7-15,22H,5-6H2,1-4H3,(H,28,31)(H,25,26,27)/t22-/m1/s1. The highest BCUT2D eigenvalue weighted by Crippen LogP contribution is 2.36. The van der Waals surface area contributed by atoms with Gasteiger partial charge in [-0.2, -0.15) is 10.1 Å². The van der Waals surface area contributed by atoms with Gasteiger partial charge in [0, 0.05) is 30.2 Å². The Kier molecular flexibility index (Phi) is 6.11. The van der Waals surface area contributed by atoms with Crippen molar-refractivity contribution in [3.63, 3.8) is 0 Å². The van der Waals surface area contributed by atoms with Crippen molar-refractivity contribution in [2.24, 2.45) is 0 Å². The van der Waals surface area contributed by atoms with E-state index in [0.717, 1.165) is 35.8 Å². The number of amides is 1. The minimum atomic E-state index is -0.391. The summed E-state index contributed by atoms with van der Waals surface area (Å²) >= 11 is 0. The number of aromatic nitrogens is 3. The van der Waals surface area contributed by atoms with Crippen LogP contribution in [0, 0.1) is 0 Å². The summed E-state index contributed by atoms with van der Waals surface area (Å²) in [5.41, 5.74) is 4.14. The maximum absolute atomic E-state index is 13.4. The summed E-state index contributed by atoms with van der Waals surface area (Å²) in [6.45, 7) is 8.04. The van der Waals surface area contributed by atoms with E-state index in [0.29, 0.717) is 17.2 Å². The number of benzene rings is 2. The van der Waals surface area contributed by atoms with Gasteiger partial charge in [0.1, 0.15) is 18.1 Å². The molecule has 3 aromatic rings. The van der Waals surface area contributed by atoms with E-state index in [1.807, 2.05) is 31.2 Å². The molecule has 1 atom stereocenters. The fourth-order valence-electron chi connectivity index (χ4n) is 4.02. The average Bonchev–Trinajstić information content (AvgIpc) is 3.28. The predicted molar refractivity (Wildman–Crippen MR) is 126 cm³/mol. The second-order valence-electron chi connectivity index (χ2n) is 7.54. The van der Waals surface area contributed by atoms with Gasteiger partial charge in [-0.15, -0.1) is 0 Å². The molecule has 0 aliphatic carbocycles. The summed E-state index contributed by atoms with van der Waals surface area (Å²) in [4.78, 5) is 20.0. The first-order chi connectivity index (χ1) is 15.5. The zero-order valence-electron chi connectivity index (χ0n) is 18.8. The van der Waals surface area contributed by atoms with Gasteiger partial charge in [0.05, 0.1) is 12.7 Å². The largest absolute Gasteiger partial charge is 0.497 e. The van der Waals surface area contributed by atoms with Crippen LogP contribution in [-0.4, -0.2) is 40.9 Å². The number of methoxy groups -OCH3 is 1. The van der Waals surface area contributed by atoms with Gasteiger partial charge in [0.2, 0.25) is 5.95 Å². The molecule has 166 valence electrons. The lowest BCUT2D eigenvalue weighted by molar-refractivity contribution is -0.113. The summed E-state index contributed by atoms with van der Waals surface area (Å²) in [5, 5.41) is 10.6. The van der Waals surface area contributed by atoms with E-state index in [1.165, 1.54) is 6.33 Å². The molecule has 0 bridgehead atoms. The Labute approximate surface area is 187 Å². The second kappa shape index (κ2) is 9.13. The summed E-state index contributed by atoms with van der Waals surface area (Å²) in [5.74, 6) is 1.15. The monoisotopic (exact) mass is 432 g/mol. The molecule has 1 aliphatic rings. The minimum Gasteiger partial charge on any atom is -0.497 e. The van der Waals surface area contributed by atoms with Gasteiger partial charge >= 0.3 is 0 Å². The summed E-state index contributed by atoms with van der Waals surface area (Å²) in [6, 6.07) is 15.2. The van der Waals surface area contributed by atoms with E-state index in [4.69, 9.17) is 4.74 Å². The Hall–Kier alpha value is -3.81. The van der Waals surface area contributed by atoms with E-state index in [9.17, 15) is 4.79 Å². The molecule has 2 N–H and O–H groups in total. The summed E-state index contributed by atoms with van der Waals surface area (Å²) in [7, 11) is 1.61. The van der Waals surface area contributed by atoms with Crippen LogP contribution >= 0.6 is 0 Å². The van der Waals surface area contributed by atoms with Crippen molar-refractivity contribution in [3.05, 3.63) is 71.7 Å². The first kappa shape index (κ1) is 21.4. The lowest BCUT2D eigenvalue weighted by atomic mass is 9.94. The van der Waals surface area contributed by atoms with Crippen LogP contribution in [0.5, 0.6) is 5.75 Å². The van der Waals surface area contributed by atoms with Gasteiger partial charge in [0.25, 0.3) is 5.91 Å². The number of carbonyl (C=O) groups excluding carboxylic acids is 1. The maximum atomic E-state index is 13.4. The summed E-state index contributed by atoms with van der Waals surface area (Å²) < 4.78 is 6.95. The quantitative estimate of drug-likeness (QED) is 0.586. The molecule has 0 spiro atoms. The Morgan fingerprint density at radius 1 is 1.12 bits per heavy atom. The van der Waals surface area contributed by atoms with E-state index in [1.54, 1.807) is 11.8 Å². The number of carbonyl (C=O) groups is 1. The molecule has 1 aliphatic heterocycles. The van der Waals surface area contributed by atoms with Crippen LogP contribution < -0.4 is 20.3 Å². The fraction of sp³-hybridized carbons (Fsp3) is 0.292. The molecule has 8 heteroatoms. The van der Waals surface area contributed by atoms with E-state index in [-0.39, 0.29) is 5.91 Å². The number of hydrogen-bond acceptors (Lipinski definition) is 6. The van der Waals surface area contributed by atoms with Crippen molar-refractivity contribution in [3.8, 4) is 5.75 Å². The molecule has 0 fully saturated rings. The topological polar surface area (TPSA) is 84.3 Å². The lowest BCUT2D eigenvalue weighted by Crippen LogP contribution is -2.31. The Morgan fingerprint density at radius 2 is 1.81 bits per heavy atom. The Balaban J connectivity index is 1.68. The number of anilines is 3. The third-order valence-corrected chi connectivity index (χ3v) is 5.72. The average molecular weight is 433 g/mol. The van der Waals surface area contributed by atoms with E-state index < -0.39 is 6.04 Å². The third kappa shape index (κ3) is 4.03. The highest BCUT2D eigenvalue weighted by atomic mass is 16.5. The number of rotatable bonds is 7. The van der Waals surface area contributed by atoms with Crippen LogP contribution in [0.2, 0.25) is 0 Å². The van der Waals surface area contributed by atoms with Crippen LogP contribution in [0.1, 0.15) is 32.4 Å². The molecule has 32 heavy (non-hydrogen) atoms.